The molecule has 0 spiro atoms. The van der Waals surface area contributed by atoms with Gasteiger partial charge in [-0.25, -0.2) is 15.0 Å². The van der Waals surface area contributed by atoms with Gasteiger partial charge in [-0.1, -0.05) is 0 Å². The molecule has 124 valence electrons. The Bertz CT molecular complexity index is 1040. The smallest absolute Gasteiger partial charge is 0.162 e. The van der Waals surface area contributed by atoms with E-state index in [1.54, 1.807) is 23.7 Å². The fourth-order valence-corrected chi connectivity index (χ4v) is 4.29. The second-order valence-corrected chi connectivity index (χ2v) is 6.98. The minimum Gasteiger partial charge on any atom is -0.353 e. The van der Waals surface area contributed by atoms with Gasteiger partial charge in [-0.3, -0.25) is 4.98 Å². The van der Waals surface area contributed by atoms with Crippen LogP contribution in [0.15, 0.2) is 42.9 Å². The number of nitrogens with zero attached hydrogens (tertiary/aromatic N) is 5. The van der Waals surface area contributed by atoms with E-state index >= 15 is 0 Å². The Morgan fingerprint density at radius 2 is 1.84 bits per heavy atom. The largest absolute Gasteiger partial charge is 0.353 e. The van der Waals surface area contributed by atoms with Crippen molar-refractivity contribution in [2.24, 2.45) is 0 Å². The van der Waals surface area contributed by atoms with Crippen LogP contribution in [0.2, 0.25) is 0 Å². The molecule has 5 rings (SSSR count). The zero-order valence-corrected chi connectivity index (χ0v) is 14.3. The highest BCUT2D eigenvalue weighted by Crippen LogP contribution is 2.38. The third kappa shape index (κ3) is 2.52. The minimum atomic E-state index is 0.743. The highest BCUT2D eigenvalue weighted by molar-refractivity contribution is 7.25. The number of pyridine rings is 2. The summed E-state index contributed by atoms with van der Waals surface area (Å²) in [7, 11) is 0. The predicted octanol–water partition coefficient (Wildman–Crippen LogP) is 2.71. The molecule has 1 aliphatic rings. The van der Waals surface area contributed by atoms with Gasteiger partial charge in [0.05, 0.1) is 10.2 Å². The number of hydrogen-bond donors (Lipinski definition) is 1. The first-order valence-electron chi connectivity index (χ1n) is 8.31. The summed E-state index contributed by atoms with van der Waals surface area (Å²) in [4.78, 5) is 21.8. The molecular formula is C18H16N6S. The molecule has 0 unspecified atom stereocenters. The van der Waals surface area contributed by atoms with Crippen LogP contribution < -0.4 is 10.2 Å². The zero-order valence-electron chi connectivity index (χ0n) is 13.5. The van der Waals surface area contributed by atoms with Crippen LogP contribution in [-0.2, 0) is 0 Å². The fraction of sp³-hybridized carbons (Fsp3) is 0.222. The van der Waals surface area contributed by atoms with Crippen molar-refractivity contribution in [2.75, 3.05) is 31.1 Å². The fourth-order valence-electron chi connectivity index (χ4n) is 3.19. The van der Waals surface area contributed by atoms with Gasteiger partial charge >= 0.3 is 0 Å². The van der Waals surface area contributed by atoms with E-state index in [9.17, 15) is 0 Å². The SMILES string of the molecule is c1cnc2sc3c(N4CCNCC4)nc(-c4ccncc4)nc3c2c1. The van der Waals surface area contributed by atoms with Crippen molar-refractivity contribution in [3.63, 3.8) is 0 Å². The van der Waals surface area contributed by atoms with Crippen LogP contribution in [0, 0.1) is 0 Å². The average Bonchev–Trinajstić information content (AvgIpc) is 3.07. The Morgan fingerprint density at radius 3 is 2.68 bits per heavy atom. The maximum atomic E-state index is 4.93. The molecule has 5 heterocycles. The molecule has 4 aromatic heterocycles. The Balaban J connectivity index is 1.80. The van der Waals surface area contributed by atoms with Crippen molar-refractivity contribution < 1.29 is 0 Å². The average molecular weight is 348 g/mol. The third-order valence-corrected chi connectivity index (χ3v) is 5.53. The summed E-state index contributed by atoms with van der Waals surface area (Å²) >= 11 is 1.68. The number of anilines is 1. The van der Waals surface area contributed by atoms with Crippen molar-refractivity contribution in [1.29, 1.82) is 0 Å². The van der Waals surface area contributed by atoms with E-state index in [2.05, 4.69) is 26.3 Å². The van der Waals surface area contributed by atoms with Gasteiger partial charge < -0.3 is 10.2 Å². The molecule has 0 aromatic carbocycles. The van der Waals surface area contributed by atoms with Crippen molar-refractivity contribution in [3.05, 3.63) is 42.9 Å². The predicted molar refractivity (Wildman–Crippen MR) is 101 cm³/mol. The number of hydrogen-bond acceptors (Lipinski definition) is 7. The molecule has 1 saturated heterocycles. The lowest BCUT2D eigenvalue weighted by atomic mass is 10.2. The lowest BCUT2D eigenvalue weighted by Gasteiger charge is -2.28. The standard InChI is InChI=1S/C18H16N6S/c1-2-13-14-15(25-18(13)21-5-1)17(24-10-8-20-9-11-24)23-16(22-14)12-3-6-19-7-4-12/h1-7,20H,8-11H2. The maximum absolute atomic E-state index is 4.93. The van der Waals surface area contributed by atoms with Crippen LogP contribution in [0.1, 0.15) is 0 Å². The molecule has 0 amide bonds. The van der Waals surface area contributed by atoms with Gasteiger partial charge in [-0.15, -0.1) is 11.3 Å². The Hall–Kier alpha value is -2.64. The van der Waals surface area contributed by atoms with Crippen molar-refractivity contribution >= 4 is 37.6 Å². The zero-order chi connectivity index (χ0) is 16.6. The van der Waals surface area contributed by atoms with Gasteiger partial charge in [-0.2, -0.15) is 0 Å². The van der Waals surface area contributed by atoms with Gasteiger partial charge in [0.25, 0.3) is 0 Å². The van der Waals surface area contributed by atoms with Gasteiger partial charge in [0.2, 0.25) is 0 Å². The summed E-state index contributed by atoms with van der Waals surface area (Å²) in [6, 6.07) is 7.96. The molecule has 0 aliphatic carbocycles. The van der Waals surface area contributed by atoms with Crippen molar-refractivity contribution in [2.45, 2.75) is 0 Å². The van der Waals surface area contributed by atoms with Crippen molar-refractivity contribution in [1.82, 2.24) is 25.3 Å². The Labute approximate surface area is 148 Å². The van der Waals surface area contributed by atoms with E-state index in [-0.39, 0.29) is 0 Å². The first-order chi connectivity index (χ1) is 12.4. The summed E-state index contributed by atoms with van der Waals surface area (Å²) in [5.41, 5.74) is 1.97. The summed E-state index contributed by atoms with van der Waals surface area (Å²) in [5.74, 6) is 1.76. The number of thiophene rings is 1. The van der Waals surface area contributed by atoms with Crippen molar-refractivity contribution in [3.8, 4) is 11.4 Å². The number of rotatable bonds is 2. The Kier molecular flexibility index (Phi) is 3.53. The van der Waals surface area contributed by atoms with Crippen LogP contribution in [0.5, 0.6) is 0 Å². The second-order valence-electron chi connectivity index (χ2n) is 5.98. The third-order valence-electron chi connectivity index (χ3n) is 4.43. The molecular weight excluding hydrogens is 332 g/mol. The molecule has 1 aliphatic heterocycles. The number of aromatic nitrogens is 4. The molecule has 25 heavy (non-hydrogen) atoms. The summed E-state index contributed by atoms with van der Waals surface area (Å²) in [6.45, 7) is 3.84. The van der Waals surface area contributed by atoms with Gasteiger partial charge in [0, 0.05) is 55.7 Å². The summed E-state index contributed by atoms with van der Waals surface area (Å²) in [5, 5.41) is 4.50. The molecule has 4 aromatic rings. The first kappa shape index (κ1) is 14.7. The lowest BCUT2D eigenvalue weighted by Crippen LogP contribution is -2.44. The van der Waals surface area contributed by atoms with Crippen LogP contribution in [0.4, 0.5) is 5.82 Å². The molecule has 0 bridgehead atoms. The molecule has 0 atom stereocenters. The van der Waals surface area contributed by atoms with E-state index in [0.717, 1.165) is 63.8 Å². The molecule has 7 heteroatoms. The van der Waals surface area contributed by atoms with E-state index < -0.39 is 0 Å². The highest BCUT2D eigenvalue weighted by atomic mass is 32.1. The number of piperazine rings is 1. The molecule has 6 nitrogen and oxygen atoms in total. The molecule has 1 fully saturated rings. The molecule has 0 saturated carbocycles. The molecule has 0 radical (unpaired) electrons. The topological polar surface area (TPSA) is 66.8 Å². The first-order valence-corrected chi connectivity index (χ1v) is 9.13. The van der Waals surface area contributed by atoms with Crippen LogP contribution in [0.25, 0.3) is 31.8 Å². The quantitative estimate of drug-likeness (QED) is 0.601. The summed E-state index contributed by atoms with van der Waals surface area (Å²) in [6.07, 6.45) is 5.39. The maximum Gasteiger partial charge on any atom is 0.162 e. The van der Waals surface area contributed by atoms with E-state index in [1.807, 2.05) is 24.4 Å². The highest BCUT2D eigenvalue weighted by Gasteiger charge is 2.20. The number of nitrogens with one attached hydrogen (secondary N) is 1. The van der Waals surface area contributed by atoms with E-state index in [1.165, 1.54) is 0 Å². The van der Waals surface area contributed by atoms with Crippen LogP contribution in [-0.4, -0.2) is 46.1 Å². The van der Waals surface area contributed by atoms with E-state index in [0.29, 0.717) is 0 Å². The second kappa shape index (κ2) is 6.02. The lowest BCUT2D eigenvalue weighted by molar-refractivity contribution is 0.586. The molecule has 1 N–H and O–H groups in total. The Morgan fingerprint density at radius 1 is 1.00 bits per heavy atom. The van der Waals surface area contributed by atoms with E-state index in [4.69, 9.17) is 9.97 Å². The monoisotopic (exact) mass is 348 g/mol. The van der Waals surface area contributed by atoms with Crippen LogP contribution >= 0.6 is 11.3 Å². The van der Waals surface area contributed by atoms with Gasteiger partial charge in [0.15, 0.2) is 11.6 Å². The minimum absolute atomic E-state index is 0.743. The van der Waals surface area contributed by atoms with Crippen LogP contribution in [0.3, 0.4) is 0 Å². The summed E-state index contributed by atoms with van der Waals surface area (Å²) < 4.78 is 1.12. The van der Waals surface area contributed by atoms with Gasteiger partial charge in [-0.05, 0) is 24.3 Å². The number of fused-ring (bicyclic) bond motifs is 3. The van der Waals surface area contributed by atoms with Gasteiger partial charge in [0.1, 0.15) is 4.83 Å². The normalized spacial score (nSPS) is 15.1.